The minimum atomic E-state index is -2.13. The molecule has 2 rings (SSSR count). The van der Waals surface area contributed by atoms with Crippen LogP contribution in [-0.4, -0.2) is 46.3 Å². The molecule has 1 saturated heterocycles. The summed E-state index contributed by atoms with van der Waals surface area (Å²) in [6, 6.07) is 1.36. The molecule has 4 unspecified atom stereocenters. The molecule has 4 atom stereocenters. The van der Waals surface area contributed by atoms with Gasteiger partial charge in [-0.3, -0.25) is 4.57 Å². The van der Waals surface area contributed by atoms with Gasteiger partial charge in [-0.25, -0.2) is 9.18 Å². The number of aliphatic hydroxyl groups is 1. The molecule has 1 aliphatic heterocycles. The maximum absolute atomic E-state index is 14.6. The number of nitrogen functional groups attached to an aromatic ring is 1. The molecule has 0 spiro atoms. The summed E-state index contributed by atoms with van der Waals surface area (Å²) in [5.74, 6) is 0.0359. The molecule has 0 aromatic carbocycles. The van der Waals surface area contributed by atoms with Crippen molar-refractivity contribution in [3.05, 3.63) is 22.7 Å². The number of nitrogens with zero attached hydrogens (tertiary/aromatic N) is 2. The van der Waals surface area contributed by atoms with E-state index in [1.165, 1.54) is 26.3 Å². The highest BCUT2D eigenvalue weighted by molar-refractivity contribution is 5.23. The number of hydrogen-bond donors (Lipinski definition) is 2. The van der Waals surface area contributed by atoms with Crippen molar-refractivity contribution in [2.45, 2.75) is 31.0 Å². The van der Waals surface area contributed by atoms with E-state index >= 15 is 0 Å². The van der Waals surface area contributed by atoms with E-state index in [1.807, 2.05) is 0 Å². The molecule has 106 valence electrons. The van der Waals surface area contributed by atoms with Crippen molar-refractivity contribution in [1.29, 1.82) is 0 Å². The van der Waals surface area contributed by atoms with Crippen LogP contribution in [-0.2, 0) is 9.47 Å². The number of anilines is 1. The van der Waals surface area contributed by atoms with Gasteiger partial charge in [-0.2, -0.15) is 4.98 Å². The lowest BCUT2D eigenvalue weighted by Crippen LogP contribution is -2.43. The van der Waals surface area contributed by atoms with E-state index in [0.29, 0.717) is 0 Å². The van der Waals surface area contributed by atoms with Gasteiger partial charge in [0.05, 0.1) is 6.61 Å². The van der Waals surface area contributed by atoms with Gasteiger partial charge in [-0.15, -0.1) is 0 Å². The molecule has 1 aromatic rings. The van der Waals surface area contributed by atoms with Gasteiger partial charge < -0.3 is 20.3 Å². The van der Waals surface area contributed by atoms with Crippen LogP contribution >= 0.6 is 0 Å². The number of nitrogens with two attached hydrogens (primary N) is 1. The summed E-state index contributed by atoms with van der Waals surface area (Å²) in [6.45, 7) is 1.19. The monoisotopic (exact) mass is 273 g/mol. The molecule has 8 heteroatoms. The summed E-state index contributed by atoms with van der Waals surface area (Å²) in [4.78, 5) is 15.2. The number of hydrogen-bond acceptors (Lipinski definition) is 6. The number of rotatable bonds is 3. The number of methoxy groups -OCH3 is 1. The summed E-state index contributed by atoms with van der Waals surface area (Å²) >= 11 is 0. The van der Waals surface area contributed by atoms with Crippen LogP contribution in [0.25, 0.3) is 0 Å². The van der Waals surface area contributed by atoms with Gasteiger partial charge in [0.15, 0.2) is 11.9 Å². The second-order valence-electron chi connectivity index (χ2n) is 4.62. The van der Waals surface area contributed by atoms with E-state index in [4.69, 9.17) is 15.2 Å². The number of alkyl halides is 1. The Kier molecular flexibility index (Phi) is 3.57. The minimum absolute atomic E-state index is 0.0222. The molecule has 0 radical (unpaired) electrons. The second-order valence-corrected chi connectivity index (χ2v) is 4.62. The summed E-state index contributed by atoms with van der Waals surface area (Å²) in [5, 5.41) is 9.88. The van der Waals surface area contributed by atoms with Gasteiger partial charge in [-0.1, -0.05) is 0 Å². The van der Waals surface area contributed by atoms with Gasteiger partial charge in [0.25, 0.3) is 0 Å². The van der Waals surface area contributed by atoms with Crippen LogP contribution in [0.15, 0.2) is 17.1 Å². The Morgan fingerprint density at radius 3 is 3.00 bits per heavy atom. The normalized spacial score (nSPS) is 34.6. The molecular formula is C11H16FN3O4. The molecule has 1 fully saturated rings. The van der Waals surface area contributed by atoms with E-state index in [9.17, 15) is 14.3 Å². The molecule has 0 saturated carbocycles. The average molecular weight is 273 g/mol. The first-order valence-electron chi connectivity index (χ1n) is 5.74. The first-order valence-corrected chi connectivity index (χ1v) is 5.74. The van der Waals surface area contributed by atoms with E-state index in [0.717, 1.165) is 4.57 Å². The van der Waals surface area contributed by atoms with Crippen molar-refractivity contribution >= 4 is 5.82 Å². The molecule has 0 bridgehead atoms. The average Bonchev–Trinajstić information content (AvgIpc) is 2.54. The van der Waals surface area contributed by atoms with Crippen molar-refractivity contribution < 1.29 is 19.0 Å². The first-order chi connectivity index (χ1) is 8.87. The topological polar surface area (TPSA) is 99.6 Å². The molecule has 2 heterocycles. The highest BCUT2D eigenvalue weighted by atomic mass is 19.1. The van der Waals surface area contributed by atoms with Gasteiger partial charge in [0.2, 0.25) is 0 Å². The molecule has 3 N–H and O–H groups in total. The highest BCUT2D eigenvalue weighted by Gasteiger charge is 2.55. The quantitative estimate of drug-likeness (QED) is 0.767. The lowest BCUT2D eigenvalue weighted by molar-refractivity contribution is -0.0660. The van der Waals surface area contributed by atoms with Crippen LogP contribution in [0.3, 0.4) is 0 Å². The lowest BCUT2D eigenvalue weighted by Gasteiger charge is -2.24. The summed E-state index contributed by atoms with van der Waals surface area (Å²) < 4.78 is 25.7. The maximum Gasteiger partial charge on any atom is 0.351 e. The highest BCUT2D eigenvalue weighted by Crippen LogP contribution is 2.40. The van der Waals surface area contributed by atoms with Gasteiger partial charge in [-0.05, 0) is 13.0 Å². The van der Waals surface area contributed by atoms with Crippen LogP contribution in [0.2, 0.25) is 0 Å². The summed E-state index contributed by atoms with van der Waals surface area (Å²) in [5.41, 5.74) is 2.50. The predicted molar refractivity (Wildman–Crippen MR) is 64.2 cm³/mol. The van der Waals surface area contributed by atoms with Crippen LogP contribution in [0.1, 0.15) is 13.2 Å². The second kappa shape index (κ2) is 4.87. The molecular weight excluding hydrogens is 257 g/mol. The zero-order valence-electron chi connectivity index (χ0n) is 10.6. The van der Waals surface area contributed by atoms with Crippen molar-refractivity contribution in [2.75, 3.05) is 19.5 Å². The smallest absolute Gasteiger partial charge is 0.351 e. The summed E-state index contributed by atoms with van der Waals surface area (Å²) in [7, 11) is 1.41. The first kappa shape index (κ1) is 13.9. The molecule has 1 aromatic heterocycles. The largest absolute Gasteiger partial charge is 0.387 e. The van der Waals surface area contributed by atoms with Crippen LogP contribution in [0.5, 0.6) is 0 Å². The number of ether oxygens (including phenoxy) is 2. The van der Waals surface area contributed by atoms with Gasteiger partial charge in [0, 0.05) is 13.3 Å². The molecule has 7 nitrogen and oxygen atoms in total. The Hall–Kier alpha value is -1.51. The van der Waals surface area contributed by atoms with Crippen molar-refractivity contribution in [3.8, 4) is 0 Å². The van der Waals surface area contributed by atoms with Crippen molar-refractivity contribution in [2.24, 2.45) is 0 Å². The number of halogens is 1. The predicted octanol–water partition coefficient (Wildman–Crippen LogP) is -0.542. The SMILES string of the molecule is COCC1OC(n2ccc(N)nc2=O)C(C)(F)C1O. The van der Waals surface area contributed by atoms with Crippen molar-refractivity contribution in [1.82, 2.24) is 9.55 Å². The van der Waals surface area contributed by atoms with E-state index in [-0.39, 0.29) is 12.4 Å². The number of aromatic nitrogens is 2. The fourth-order valence-corrected chi connectivity index (χ4v) is 2.12. The Morgan fingerprint density at radius 1 is 1.74 bits per heavy atom. The van der Waals surface area contributed by atoms with Crippen LogP contribution in [0.4, 0.5) is 10.2 Å². The third-order valence-electron chi connectivity index (χ3n) is 3.15. The zero-order chi connectivity index (χ0) is 14.2. The third-order valence-corrected chi connectivity index (χ3v) is 3.15. The van der Waals surface area contributed by atoms with Crippen LogP contribution in [0, 0.1) is 0 Å². The molecule has 0 amide bonds. The van der Waals surface area contributed by atoms with E-state index in [2.05, 4.69) is 4.98 Å². The van der Waals surface area contributed by atoms with E-state index in [1.54, 1.807) is 0 Å². The molecule has 19 heavy (non-hydrogen) atoms. The fourth-order valence-electron chi connectivity index (χ4n) is 2.12. The molecule has 0 aliphatic carbocycles. The van der Waals surface area contributed by atoms with Gasteiger partial charge in [0.1, 0.15) is 18.0 Å². The van der Waals surface area contributed by atoms with E-state index < -0.39 is 29.8 Å². The Morgan fingerprint density at radius 2 is 2.42 bits per heavy atom. The molecule has 1 aliphatic rings. The zero-order valence-corrected chi connectivity index (χ0v) is 10.6. The summed E-state index contributed by atoms with van der Waals surface area (Å²) in [6.07, 6.45) is -2.24. The third kappa shape index (κ3) is 2.34. The Bertz CT molecular complexity index is 519. The lowest BCUT2D eigenvalue weighted by atomic mass is 9.98. The standard InChI is InChI=1S/C11H16FN3O4/c1-11(12)8(16)6(5-18-2)19-9(11)15-4-3-7(13)14-10(15)17/h3-4,6,8-9,16H,5H2,1-2H3,(H2,13,14,17). The fraction of sp³-hybridized carbons (Fsp3) is 0.636. The van der Waals surface area contributed by atoms with Gasteiger partial charge >= 0.3 is 5.69 Å². The maximum atomic E-state index is 14.6. The van der Waals surface area contributed by atoms with Crippen molar-refractivity contribution in [3.63, 3.8) is 0 Å². The Labute approximate surface area is 108 Å². The van der Waals surface area contributed by atoms with Crippen LogP contribution < -0.4 is 11.4 Å². The minimum Gasteiger partial charge on any atom is -0.387 e. The number of aliphatic hydroxyl groups excluding tert-OH is 1. The Balaban J connectivity index is 2.36.